The normalized spacial score (nSPS) is 19.1. The number of hydrogen-bond donors (Lipinski definition) is 0. The molecule has 1 unspecified atom stereocenters. The Kier molecular flexibility index (Phi) is 6.99. The van der Waals surface area contributed by atoms with Crippen molar-refractivity contribution in [1.82, 2.24) is 19.9 Å². The van der Waals surface area contributed by atoms with Crippen molar-refractivity contribution in [3.05, 3.63) is 60.0 Å². The van der Waals surface area contributed by atoms with Crippen molar-refractivity contribution in [2.24, 2.45) is 5.92 Å². The van der Waals surface area contributed by atoms with Crippen LogP contribution in [0, 0.1) is 12.8 Å². The number of nitrogens with zero attached hydrogens (tertiary/aromatic N) is 5. The summed E-state index contributed by atoms with van der Waals surface area (Å²) in [6, 6.07) is 16.2. The van der Waals surface area contributed by atoms with Crippen LogP contribution in [0.2, 0.25) is 0 Å². The van der Waals surface area contributed by atoms with Crippen molar-refractivity contribution in [3.8, 4) is 17.1 Å². The van der Waals surface area contributed by atoms with Crippen molar-refractivity contribution in [2.45, 2.75) is 26.3 Å². The highest BCUT2D eigenvalue weighted by atomic mass is 16.5. The second-order valence-corrected chi connectivity index (χ2v) is 9.44. The second kappa shape index (κ2) is 10.5. The summed E-state index contributed by atoms with van der Waals surface area (Å²) in [7, 11) is 1.70. The molecule has 8 heteroatoms. The highest BCUT2D eigenvalue weighted by Crippen LogP contribution is 2.29. The standard InChI is InChI=1S/C27H33N5O3/c1-20-9-11-21(12-10-20)26-28-25(35-29-26)19-30-13-5-6-22(18-30)27(33)32-16-14-31(15-17-32)23-7-3-4-8-24(23)34-2/h3-4,7-12,22H,5-6,13-19H2,1-2H3. The van der Waals surface area contributed by atoms with Crippen molar-refractivity contribution >= 4 is 11.6 Å². The van der Waals surface area contributed by atoms with Crippen LogP contribution in [0.1, 0.15) is 24.3 Å². The number of piperidine rings is 1. The molecule has 8 nitrogen and oxygen atoms in total. The third-order valence-corrected chi connectivity index (χ3v) is 7.01. The molecule has 2 saturated heterocycles. The molecule has 2 aromatic carbocycles. The first-order chi connectivity index (χ1) is 17.1. The Morgan fingerprint density at radius 1 is 1.06 bits per heavy atom. The van der Waals surface area contributed by atoms with E-state index in [0.29, 0.717) is 18.3 Å². The quantitative estimate of drug-likeness (QED) is 0.539. The minimum absolute atomic E-state index is 0.0149. The fourth-order valence-corrected chi connectivity index (χ4v) is 5.05. The lowest BCUT2D eigenvalue weighted by atomic mass is 9.96. The number of aryl methyl sites for hydroxylation is 1. The van der Waals surface area contributed by atoms with Gasteiger partial charge in [0, 0.05) is 38.3 Å². The van der Waals surface area contributed by atoms with Gasteiger partial charge < -0.3 is 19.1 Å². The predicted molar refractivity (Wildman–Crippen MR) is 134 cm³/mol. The Morgan fingerprint density at radius 2 is 1.83 bits per heavy atom. The van der Waals surface area contributed by atoms with Crippen molar-refractivity contribution < 1.29 is 14.1 Å². The minimum Gasteiger partial charge on any atom is -0.495 e. The Morgan fingerprint density at radius 3 is 2.60 bits per heavy atom. The van der Waals surface area contributed by atoms with Crippen molar-refractivity contribution in [1.29, 1.82) is 0 Å². The third-order valence-electron chi connectivity index (χ3n) is 7.01. The number of ether oxygens (including phenoxy) is 1. The van der Waals surface area contributed by atoms with Crippen LogP contribution in [0.5, 0.6) is 5.75 Å². The molecule has 0 N–H and O–H groups in total. The van der Waals surface area contributed by atoms with E-state index >= 15 is 0 Å². The summed E-state index contributed by atoms with van der Waals surface area (Å²) in [4.78, 5) is 24.5. The average Bonchev–Trinajstić information content (AvgIpc) is 3.37. The number of carbonyl (C=O) groups is 1. The molecule has 2 aliphatic heterocycles. The molecule has 0 saturated carbocycles. The van der Waals surface area contributed by atoms with E-state index in [-0.39, 0.29) is 11.8 Å². The average molecular weight is 476 g/mol. The summed E-state index contributed by atoms with van der Waals surface area (Å²) in [6.07, 6.45) is 1.93. The monoisotopic (exact) mass is 475 g/mol. The van der Waals surface area contributed by atoms with Gasteiger partial charge in [-0.15, -0.1) is 0 Å². The SMILES string of the molecule is COc1ccccc1N1CCN(C(=O)C2CCCN(Cc3nc(-c4ccc(C)cc4)no3)C2)CC1. The number of piperazine rings is 1. The van der Waals surface area contributed by atoms with Crippen LogP contribution in [0.15, 0.2) is 53.1 Å². The van der Waals surface area contributed by atoms with Gasteiger partial charge in [0.15, 0.2) is 0 Å². The summed E-state index contributed by atoms with van der Waals surface area (Å²) in [5.74, 6) is 2.36. The maximum Gasteiger partial charge on any atom is 0.241 e. The molecule has 2 aliphatic rings. The lowest BCUT2D eigenvalue weighted by Crippen LogP contribution is -2.52. The van der Waals surface area contributed by atoms with Gasteiger partial charge in [0.25, 0.3) is 0 Å². The first kappa shape index (κ1) is 23.4. The van der Waals surface area contributed by atoms with E-state index in [1.807, 2.05) is 47.4 Å². The van der Waals surface area contributed by atoms with Crippen LogP contribution < -0.4 is 9.64 Å². The molecule has 0 aliphatic carbocycles. The molecule has 1 amide bonds. The number of methoxy groups -OCH3 is 1. The fourth-order valence-electron chi connectivity index (χ4n) is 5.05. The Balaban J connectivity index is 1.15. The number of para-hydroxylation sites is 2. The third kappa shape index (κ3) is 5.32. The van der Waals surface area contributed by atoms with Gasteiger partial charge in [-0.3, -0.25) is 9.69 Å². The van der Waals surface area contributed by atoms with Gasteiger partial charge in [-0.25, -0.2) is 0 Å². The van der Waals surface area contributed by atoms with Gasteiger partial charge in [0.05, 0.1) is 25.3 Å². The zero-order valence-electron chi connectivity index (χ0n) is 20.5. The van der Waals surface area contributed by atoms with Gasteiger partial charge in [0.1, 0.15) is 5.75 Å². The summed E-state index contributed by atoms with van der Waals surface area (Å²) in [6.45, 7) is 7.39. The molecule has 3 aromatic rings. The zero-order chi connectivity index (χ0) is 24.2. The van der Waals surface area contributed by atoms with Crippen LogP contribution >= 0.6 is 0 Å². The number of aromatic nitrogens is 2. The van der Waals surface area contributed by atoms with E-state index in [1.54, 1.807) is 7.11 Å². The van der Waals surface area contributed by atoms with Crippen LogP contribution in [0.4, 0.5) is 5.69 Å². The zero-order valence-corrected chi connectivity index (χ0v) is 20.5. The summed E-state index contributed by atoms with van der Waals surface area (Å²) < 4.78 is 11.0. The van der Waals surface area contributed by atoms with Gasteiger partial charge in [0.2, 0.25) is 17.6 Å². The molecule has 5 rings (SSSR count). The van der Waals surface area contributed by atoms with Crippen LogP contribution in [-0.4, -0.2) is 72.2 Å². The topological polar surface area (TPSA) is 74.9 Å². The minimum atomic E-state index is 0.0149. The highest BCUT2D eigenvalue weighted by molar-refractivity contribution is 5.79. The molecular formula is C27H33N5O3. The van der Waals surface area contributed by atoms with E-state index in [2.05, 4.69) is 32.9 Å². The molecule has 0 radical (unpaired) electrons. The molecule has 0 bridgehead atoms. The predicted octanol–water partition coefficient (Wildman–Crippen LogP) is 3.61. The summed E-state index contributed by atoms with van der Waals surface area (Å²) in [5, 5.41) is 4.15. The van der Waals surface area contributed by atoms with Gasteiger partial charge >= 0.3 is 0 Å². The van der Waals surface area contributed by atoms with Gasteiger partial charge in [-0.2, -0.15) is 4.98 Å². The van der Waals surface area contributed by atoms with Gasteiger partial charge in [-0.05, 0) is 38.4 Å². The first-order valence-corrected chi connectivity index (χ1v) is 12.4. The largest absolute Gasteiger partial charge is 0.495 e. The van der Waals surface area contributed by atoms with Crippen molar-refractivity contribution in [2.75, 3.05) is 51.3 Å². The Hall–Kier alpha value is -3.39. The molecule has 1 aromatic heterocycles. The van der Waals surface area contributed by atoms with Crippen LogP contribution in [0.3, 0.4) is 0 Å². The fraction of sp³-hybridized carbons (Fsp3) is 0.444. The van der Waals surface area contributed by atoms with E-state index in [1.165, 1.54) is 5.56 Å². The maximum atomic E-state index is 13.3. The second-order valence-electron chi connectivity index (χ2n) is 9.44. The molecule has 35 heavy (non-hydrogen) atoms. The number of hydrogen-bond acceptors (Lipinski definition) is 7. The van der Waals surface area contributed by atoms with Crippen LogP contribution in [0.25, 0.3) is 11.4 Å². The number of rotatable bonds is 6. The number of carbonyl (C=O) groups excluding carboxylic acids is 1. The molecular weight excluding hydrogens is 442 g/mol. The number of benzene rings is 2. The molecule has 0 spiro atoms. The Labute approximate surface area is 206 Å². The molecule has 184 valence electrons. The maximum absolute atomic E-state index is 13.3. The molecule has 1 atom stereocenters. The van der Waals surface area contributed by atoms with Gasteiger partial charge in [-0.1, -0.05) is 47.1 Å². The van der Waals surface area contributed by atoms with E-state index < -0.39 is 0 Å². The van der Waals surface area contributed by atoms with Crippen LogP contribution in [-0.2, 0) is 11.3 Å². The lowest BCUT2D eigenvalue weighted by Gasteiger charge is -2.39. The van der Waals surface area contributed by atoms with E-state index in [0.717, 1.165) is 69.1 Å². The number of likely N-dealkylation sites (tertiary alicyclic amines) is 1. The number of anilines is 1. The lowest BCUT2D eigenvalue weighted by molar-refractivity contribution is -0.137. The number of amides is 1. The van der Waals surface area contributed by atoms with E-state index in [4.69, 9.17) is 9.26 Å². The Bertz CT molecular complexity index is 1140. The first-order valence-electron chi connectivity index (χ1n) is 12.4. The van der Waals surface area contributed by atoms with Crippen molar-refractivity contribution in [3.63, 3.8) is 0 Å². The van der Waals surface area contributed by atoms with E-state index in [9.17, 15) is 4.79 Å². The summed E-state index contributed by atoms with van der Waals surface area (Å²) in [5.41, 5.74) is 3.24. The molecule has 3 heterocycles. The smallest absolute Gasteiger partial charge is 0.241 e. The molecule has 2 fully saturated rings. The highest BCUT2D eigenvalue weighted by Gasteiger charge is 2.32. The summed E-state index contributed by atoms with van der Waals surface area (Å²) >= 11 is 0.